The Morgan fingerprint density at radius 3 is 2.49 bits per heavy atom. The van der Waals surface area contributed by atoms with Gasteiger partial charge in [0.1, 0.15) is 0 Å². The fourth-order valence-electron chi connectivity index (χ4n) is 5.92. The van der Waals surface area contributed by atoms with Crippen LogP contribution in [-0.2, 0) is 6.42 Å². The Morgan fingerprint density at radius 2 is 1.71 bits per heavy atom. The second-order valence-electron chi connectivity index (χ2n) is 10.4. The lowest BCUT2D eigenvalue weighted by Crippen LogP contribution is -2.45. The van der Waals surface area contributed by atoms with Crippen LogP contribution in [0.25, 0.3) is 10.9 Å². The number of nitrogens with one attached hydrogen (secondary N) is 3. The predicted molar refractivity (Wildman–Crippen MR) is 151 cm³/mol. The number of thiocarbonyl (C=S) groups is 1. The summed E-state index contributed by atoms with van der Waals surface area (Å²) >= 11 is 11.5. The van der Waals surface area contributed by atoms with Crippen LogP contribution in [0.1, 0.15) is 55.6 Å². The van der Waals surface area contributed by atoms with Crippen molar-refractivity contribution in [3.63, 3.8) is 0 Å². The van der Waals surface area contributed by atoms with Crippen LogP contribution in [-0.4, -0.2) is 47.2 Å². The summed E-state index contributed by atoms with van der Waals surface area (Å²) in [5.41, 5.74) is 4.06. The number of rotatable bonds is 7. The fourth-order valence-corrected chi connectivity index (χ4v) is 6.32. The molecule has 3 N–H and O–H groups in total. The number of piperidine rings is 1. The van der Waals surface area contributed by atoms with Gasteiger partial charge in [-0.3, -0.25) is 0 Å². The SMILES string of the molecule is S=C(NCCc1ccc(Cl)cc1)NC1CCC(CN2CCC(c3c[nH]c4ccccc34)CC2)CC1. The van der Waals surface area contributed by atoms with Crippen LogP contribution < -0.4 is 10.6 Å². The molecule has 0 atom stereocenters. The van der Waals surface area contributed by atoms with Gasteiger partial charge in [-0.2, -0.15) is 0 Å². The number of hydrogen-bond donors (Lipinski definition) is 3. The van der Waals surface area contributed by atoms with E-state index < -0.39 is 0 Å². The monoisotopic (exact) mass is 508 g/mol. The Balaban J connectivity index is 0.984. The van der Waals surface area contributed by atoms with Gasteiger partial charge >= 0.3 is 0 Å². The van der Waals surface area contributed by atoms with Crippen LogP contribution in [0.3, 0.4) is 0 Å². The molecule has 1 saturated heterocycles. The van der Waals surface area contributed by atoms with E-state index in [-0.39, 0.29) is 0 Å². The van der Waals surface area contributed by atoms with Crippen LogP contribution in [0.4, 0.5) is 0 Å². The summed E-state index contributed by atoms with van der Waals surface area (Å²) in [6.07, 6.45) is 10.8. The van der Waals surface area contributed by atoms with Crippen molar-refractivity contribution in [3.8, 4) is 0 Å². The number of hydrogen-bond acceptors (Lipinski definition) is 2. The first kappa shape index (κ1) is 24.6. The van der Waals surface area contributed by atoms with Crippen molar-refractivity contribution in [1.29, 1.82) is 0 Å². The molecule has 35 heavy (non-hydrogen) atoms. The van der Waals surface area contributed by atoms with Gasteiger partial charge in [-0.15, -0.1) is 0 Å². The average molecular weight is 509 g/mol. The number of H-pyrrole nitrogens is 1. The van der Waals surface area contributed by atoms with Gasteiger partial charge in [0.2, 0.25) is 0 Å². The van der Waals surface area contributed by atoms with Crippen molar-refractivity contribution in [2.45, 2.75) is 56.9 Å². The van der Waals surface area contributed by atoms with E-state index in [1.54, 1.807) is 0 Å². The third kappa shape index (κ3) is 6.58. The number of fused-ring (bicyclic) bond motifs is 1. The highest BCUT2D eigenvalue weighted by Crippen LogP contribution is 2.34. The van der Waals surface area contributed by atoms with Gasteiger partial charge in [0.25, 0.3) is 0 Å². The summed E-state index contributed by atoms with van der Waals surface area (Å²) in [4.78, 5) is 6.18. The topological polar surface area (TPSA) is 43.1 Å². The van der Waals surface area contributed by atoms with E-state index >= 15 is 0 Å². The fraction of sp³-hybridized carbons (Fsp3) is 0.483. The van der Waals surface area contributed by atoms with Gasteiger partial charge in [0.15, 0.2) is 5.11 Å². The molecule has 0 spiro atoms. The third-order valence-electron chi connectivity index (χ3n) is 7.96. The molecule has 4 nitrogen and oxygen atoms in total. The highest BCUT2D eigenvalue weighted by Gasteiger charge is 2.27. The Bertz CT molecular complexity index is 1100. The maximum atomic E-state index is 5.96. The number of nitrogens with zero attached hydrogens (tertiary/aromatic N) is 1. The Kier molecular flexibility index (Phi) is 8.27. The molecule has 0 bridgehead atoms. The lowest BCUT2D eigenvalue weighted by Gasteiger charge is -2.37. The molecule has 2 heterocycles. The second kappa shape index (κ2) is 11.8. The molecule has 2 aromatic carbocycles. The van der Waals surface area contributed by atoms with E-state index in [9.17, 15) is 0 Å². The van der Waals surface area contributed by atoms with Crippen molar-refractivity contribution in [1.82, 2.24) is 20.5 Å². The predicted octanol–water partition coefficient (Wildman–Crippen LogP) is 6.27. The Labute approximate surface area is 219 Å². The van der Waals surface area contributed by atoms with Crippen molar-refractivity contribution in [3.05, 3.63) is 70.9 Å². The van der Waals surface area contributed by atoms with E-state index in [2.05, 4.69) is 63.1 Å². The van der Waals surface area contributed by atoms with Crippen molar-refractivity contribution in [2.75, 3.05) is 26.2 Å². The molecule has 3 aromatic rings. The molecule has 6 heteroatoms. The quantitative estimate of drug-likeness (QED) is 0.329. The number of aromatic nitrogens is 1. The third-order valence-corrected chi connectivity index (χ3v) is 8.47. The smallest absolute Gasteiger partial charge is 0.166 e. The first-order valence-corrected chi connectivity index (χ1v) is 14.0. The minimum atomic E-state index is 0.509. The summed E-state index contributed by atoms with van der Waals surface area (Å²) in [7, 11) is 0. The Morgan fingerprint density at radius 1 is 0.971 bits per heavy atom. The van der Waals surface area contributed by atoms with E-state index in [1.807, 2.05) is 12.1 Å². The Hall–Kier alpha value is -2.08. The lowest BCUT2D eigenvalue weighted by molar-refractivity contribution is 0.158. The molecule has 2 aliphatic rings. The molecule has 5 rings (SSSR count). The molecule has 0 amide bonds. The van der Waals surface area contributed by atoms with Gasteiger partial charge in [-0.25, -0.2) is 0 Å². The number of aromatic amines is 1. The van der Waals surface area contributed by atoms with E-state index in [0.29, 0.717) is 12.0 Å². The number of likely N-dealkylation sites (tertiary alicyclic amines) is 1. The second-order valence-corrected chi connectivity index (χ2v) is 11.2. The molecule has 2 fully saturated rings. The van der Waals surface area contributed by atoms with E-state index in [4.69, 9.17) is 23.8 Å². The van der Waals surface area contributed by atoms with E-state index in [0.717, 1.165) is 29.0 Å². The maximum Gasteiger partial charge on any atom is 0.166 e. The summed E-state index contributed by atoms with van der Waals surface area (Å²) < 4.78 is 0. The highest BCUT2D eigenvalue weighted by atomic mass is 35.5. The molecule has 0 radical (unpaired) electrons. The molecular formula is C29H37ClN4S. The van der Waals surface area contributed by atoms with Gasteiger partial charge in [0, 0.05) is 41.3 Å². The van der Waals surface area contributed by atoms with Gasteiger partial charge in [0.05, 0.1) is 0 Å². The number of halogens is 1. The lowest BCUT2D eigenvalue weighted by atomic mass is 9.84. The van der Waals surface area contributed by atoms with Gasteiger partial charge < -0.3 is 20.5 Å². The van der Waals surface area contributed by atoms with Crippen LogP contribution in [0.2, 0.25) is 5.02 Å². The average Bonchev–Trinajstić information content (AvgIpc) is 3.31. The zero-order valence-corrected chi connectivity index (χ0v) is 22.0. The summed E-state index contributed by atoms with van der Waals surface area (Å²) in [6, 6.07) is 17.3. The number of benzene rings is 2. The molecule has 186 valence electrons. The van der Waals surface area contributed by atoms with Crippen molar-refractivity contribution < 1.29 is 0 Å². The van der Waals surface area contributed by atoms with Crippen LogP contribution >= 0.6 is 23.8 Å². The molecule has 1 aromatic heterocycles. The van der Waals surface area contributed by atoms with Crippen LogP contribution in [0.5, 0.6) is 0 Å². The summed E-state index contributed by atoms with van der Waals surface area (Å²) in [5.74, 6) is 1.51. The van der Waals surface area contributed by atoms with Gasteiger partial charge in [-0.1, -0.05) is 41.9 Å². The standard InChI is InChI=1S/C29H37ClN4S/c30-24-9-5-21(6-10-24)13-16-31-29(35)33-25-11-7-22(8-12-25)20-34-17-14-23(15-18-34)27-19-32-28-4-2-1-3-26(27)28/h1-6,9-10,19,22-23,25,32H,7-8,11-18,20H2,(H2,31,33,35). The molecule has 0 unspecified atom stereocenters. The zero-order valence-electron chi connectivity index (χ0n) is 20.4. The minimum Gasteiger partial charge on any atom is -0.362 e. The molecule has 1 aliphatic heterocycles. The van der Waals surface area contributed by atoms with Crippen LogP contribution in [0, 0.1) is 5.92 Å². The highest BCUT2D eigenvalue weighted by molar-refractivity contribution is 7.80. The maximum absolute atomic E-state index is 5.96. The molecular weight excluding hydrogens is 472 g/mol. The molecule has 1 aliphatic carbocycles. The summed E-state index contributed by atoms with van der Waals surface area (Å²) in [6.45, 7) is 4.56. The van der Waals surface area contributed by atoms with Crippen LogP contribution in [0.15, 0.2) is 54.7 Å². The van der Waals surface area contributed by atoms with Gasteiger partial charge in [-0.05, 0) is 111 Å². The van der Waals surface area contributed by atoms with Crippen molar-refractivity contribution >= 4 is 39.8 Å². The molecule has 1 saturated carbocycles. The normalized spacial score (nSPS) is 21.7. The van der Waals surface area contributed by atoms with E-state index in [1.165, 1.54) is 80.2 Å². The first-order chi connectivity index (χ1) is 17.1. The summed E-state index contributed by atoms with van der Waals surface area (Å²) in [5, 5.41) is 9.92. The van der Waals surface area contributed by atoms with Crippen molar-refractivity contribution in [2.24, 2.45) is 5.92 Å². The first-order valence-electron chi connectivity index (χ1n) is 13.2. The zero-order chi connectivity index (χ0) is 24.0. The number of para-hydroxylation sites is 1. The minimum absolute atomic E-state index is 0.509. The largest absolute Gasteiger partial charge is 0.362 e.